The van der Waals surface area contributed by atoms with Gasteiger partial charge in [0.1, 0.15) is 6.29 Å². The van der Waals surface area contributed by atoms with Crippen LogP contribution >= 0.6 is 0 Å². The minimum atomic E-state index is 0.634. The highest BCUT2D eigenvalue weighted by Gasteiger charge is 2.21. The Hall–Kier alpha value is -1.35. The summed E-state index contributed by atoms with van der Waals surface area (Å²) in [5.74, 6) is 0. The van der Waals surface area contributed by atoms with Crippen molar-refractivity contribution in [1.82, 2.24) is 4.90 Å². The van der Waals surface area contributed by atoms with E-state index in [1.54, 1.807) is 0 Å². The van der Waals surface area contributed by atoms with Gasteiger partial charge in [0, 0.05) is 30.4 Å². The standard InChI is InChI=1S/C14H20N2O/c1-15(2)14-4-3-9-16(10-14)13-7-5-12(11-17)6-8-13/h5-8,11,14H,3-4,9-10H2,1-2H3. The van der Waals surface area contributed by atoms with E-state index in [-0.39, 0.29) is 0 Å². The first-order valence-corrected chi connectivity index (χ1v) is 6.17. The van der Waals surface area contributed by atoms with Gasteiger partial charge in [0.15, 0.2) is 0 Å². The number of carbonyl (C=O) groups excluding carboxylic acids is 1. The van der Waals surface area contributed by atoms with Gasteiger partial charge in [-0.25, -0.2) is 0 Å². The Labute approximate surface area is 103 Å². The number of hydrogen-bond acceptors (Lipinski definition) is 3. The van der Waals surface area contributed by atoms with Gasteiger partial charge < -0.3 is 9.80 Å². The fourth-order valence-corrected chi connectivity index (χ4v) is 2.37. The predicted octanol–water partition coefficient (Wildman–Crippen LogP) is 2.03. The molecule has 0 aliphatic carbocycles. The third kappa shape index (κ3) is 2.86. The maximum atomic E-state index is 10.6. The van der Waals surface area contributed by atoms with E-state index in [0.717, 1.165) is 24.9 Å². The molecule has 0 aromatic heterocycles. The van der Waals surface area contributed by atoms with Crippen molar-refractivity contribution in [3.05, 3.63) is 29.8 Å². The van der Waals surface area contributed by atoms with Gasteiger partial charge in [-0.05, 0) is 51.2 Å². The van der Waals surface area contributed by atoms with Gasteiger partial charge >= 0.3 is 0 Å². The van der Waals surface area contributed by atoms with Crippen molar-refractivity contribution >= 4 is 12.0 Å². The first-order chi connectivity index (χ1) is 8.20. The van der Waals surface area contributed by atoms with E-state index in [2.05, 4.69) is 23.9 Å². The summed E-state index contributed by atoms with van der Waals surface area (Å²) >= 11 is 0. The van der Waals surface area contributed by atoms with E-state index in [9.17, 15) is 4.79 Å². The zero-order valence-corrected chi connectivity index (χ0v) is 10.6. The Bertz CT molecular complexity index is 372. The molecule has 3 nitrogen and oxygen atoms in total. The lowest BCUT2D eigenvalue weighted by molar-refractivity contribution is 0.112. The van der Waals surface area contributed by atoms with Crippen molar-refractivity contribution in [3.8, 4) is 0 Å². The van der Waals surface area contributed by atoms with E-state index < -0.39 is 0 Å². The second-order valence-electron chi connectivity index (χ2n) is 4.92. The quantitative estimate of drug-likeness (QED) is 0.745. The molecule has 0 radical (unpaired) electrons. The van der Waals surface area contributed by atoms with Crippen molar-refractivity contribution in [2.45, 2.75) is 18.9 Å². The molecule has 0 N–H and O–H groups in total. The van der Waals surface area contributed by atoms with E-state index in [1.165, 1.54) is 18.5 Å². The highest BCUT2D eigenvalue weighted by atomic mass is 16.1. The molecule has 0 spiro atoms. The lowest BCUT2D eigenvalue weighted by Crippen LogP contribution is -2.45. The molecule has 1 aliphatic rings. The molecule has 1 unspecified atom stereocenters. The summed E-state index contributed by atoms with van der Waals surface area (Å²) in [7, 11) is 4.29. The molecular formula is C14H20N2O. The molecule has 17 heavy (non-hydrogen) atoms. The molecular weight excluding hydrogens is 212 g/mol. The molecule has 0 bridgehead atoms. The fourth-order valence-electron chi connectivity index (χ4n) is 2.37. The number of benzene rings is 1. The fraction of sp³-hybridized carbons (Fsp3) is 0.500. The Kier molecular flexibility index (Phi) is 3.79. The molecule has 1 aromatic carbocycles. The van der Waals surface area contributed by atoms with Crippen LogP contribution in [0, 0.1) is 0 Å². The van der Waals surface area contributed by atoms with Gasteiger partial charge in [-0.3, -0.25) is 4.79 Å². The largest absolute Gasteiger partial charge is 0.370 e. The monoisotopic (exact) mass is 232 g/mol. The third-order valence-corrected chi connectivity index (χ3v) is 3.52. The highest BCUT2D eigenvalue weighted by Crippen LogP contribution is 2.21. The average molecular weight is 232 g/mol. The van der Waals surface area contributed by atoms with Crippen molar-refractivity contribution in [2.24, 2.45) is 0 Å². The number of anilines is 1. The number of aldehydes is 1. The second kappa shape index (κ2) is 5.32. The van der Waals surface area contributed by atoms with Gasteiger partial charge in [0.25, 0.3) is 0 Å². The minimum absolute atomic E-state index is 0.634. The summed E-state index contributed by atoms with van der Waals surface area (Å²) < 4.78 is 0. The predicted molar refractivity (Wildman–Crippen MR) is 70.8 cm³/mol. The summed E-state index contributed by atoms with van der Waals surface area (Å²) in [5.41, 5.74) is 1.97. The van der Waals surface area contributed by atoms with Crippen LogP contribution in [-0.4, -0.2) is 44.4 Å². The Morgan fingerprint density at radius 2 is 2.00 bits per heavy atom. The molecule has 3 heteroatoms. The summed E-state index contributed by atoms with van der Waals surface area (Å²) in [6.45, 7) is 2.19. The van der Waals surface area contributed by atoms with Gasteiger partial charge in [0.2, 0.25) is 0 Å². The number of hydrogen-bond donors (Lipinski definition) is 0. The average Bonchev–Trinajstić information content (AvgIpc) is 2.39. The smallest absolute Gasteiger partial charge is 0.150 e. The SMILES string of the molecule is CN(C)C1CCCN(c2ccc(C=O)cc2)C1. The highest BCUT2D eigenvalue weighted by molar-refractivity contribution is 5.75. The molecule has 1 atom stereocenters. The zero-order chi connectivity index (χ0) is 12.3. The molecule has 1 fully saturated rings. The van der Waals surface area contributed by atoms with Gasteiger partial charge in [0.05, 0.1) is 0 Å². The topological polar surface area (TPSA) is 23.6 Å². The van der Waals surface area contributed by atoms with Crippen LogP contribution in [0.1, 0.15) is 23.2 Å². The Morgan fingerprint density at radius 3 is 2.59 bits per heavy atom. The van der Waals surface area contributed by atoms with Crippen molar-refractivity contribution in [1.29, 1.82) is 0 Å². The van der Waals surface area contributed by atoms with Crippen LogP contribution in [0.5, 0.6) is 0 Å². The van der Waals surface area contributed by atoms with Gasteiger partial charge in [-0.15, -0.1) is 0 Å². The third-order valence-electron chi connectivity index (χ3n) is 3.52. The number of rotatable bonds is 3. The van der Waals surface area contributed by atoms with Crippen LogP contribution in [0.4, 0.5) is 5.69 Å². The molecule has 0 saturated carbocycles. The first-order valence-electron chi connectivity index (χ1n) is 6.17. The summed E-state index contributed by atoms with van der Waals surface area (Å²) in [6, 6.07) is 8.50. The lowest BCUT2D eigenvalue weighted by Gasteiger charge is -2.37. The van der Waals surface area contributed by atoms with E-state index >= 15 is 0 Å². The normalized spacial score (nSPS) is 20.6. The van der Waals surface area contributed by atoms with Crippen LogP contribution in [0.15, 0.2) is 24.3 Å². The molecule has 1 aliphatic heterocycles. The molecule has 1 saturated heterocycles. The minimum Gasteiger partial charge on any atom is -0.370 e. The maximum Gasteiger partial charge on any atom is 0.150 e. The van der Waals surface area contributed by atoms with Gasteiger partial charge in [-0.1, -0.05) is 0 Å². The van der Waals surface area contributed by atoms with Crippen LogP contribution in [-0.2, 0) is 0 Å². The maximum absolute atomic E-state index is 10.6. The number of piperidine rings is 1. The molecule has 0 amide bonds. The molecule has 1 heterocycles. The second-order valence-corrected chi connectivity index (χ2v) is 4.92. The van der Waals surface area contributed by atoms with E-state index in [1.807, 2.05) is 24.3 Å². The lowest BCUT2D eigenvalue weighted by atomic mass is 10.0. The van der Waals surface area contributed by atoms with Crippen molar-refractivity contribution < 1.29 is 4.79 Å². The van der Waals surface area contributed by atoms with Crippen LogP contribution in [0.25, 0.3) is 0 Å². The Balaban J connectivity index is 2.07. The van der Waals surface area contributed by atoms with E-state index in [4.69, 9.17) is 0 Å². The van der Waals surface area contributed by atoms with Gasteiger partial charge in [-0.2, -0.15) is 0 Å². The molecule has 92 valence electrons. The Morgan fingerprint density at radius 1 is 1.29 bits per heavy atom. The summed E-state index contributed by atoms with van der Waals surface area (Å²) in [5, 5.41) is 0. The van der Waals surface area contributed by atoms with Crippen LogP contribution in [0.3, 0.4) is 0 Å². The van der Waals surface area contributed by atoms with Crippen molar-refractivity contribution in [3.63, 3.8) is 0 Å². The number of carbonyl (C=O) groups is 1. The first kappa shape index (κ1) is 12.1. The van der Waals surface area contributed by atoms with Crippen LogP contribution in [0.2, 0.25) is 0 Å². The summed E-state index contributed by atoms with van der Waals surface area (Å²) in [6.07, 6.45) is 3.40. The summed E-state index contributed by atoms with van der Waals surface area (Å²) in [4.78, 5) is 15.3. The van der Waals surface area contributed by atoms with Crippen molar-refractivity contribution in [2.75, 3.05) is 32.1 Å². The van der Waals surface area contributed by atoms with Crippen LogP contribution < -0.4 is 4.90 Å². The molecule has 1 aromatic rings. The zero-order valence-electron chi connectivity index (χ0n) is 10.6. The van der Waals surface area contributed by atoms with E-state index in [0.29, 0.717) is 6.04 Å². The molecule has 2 rings (SSSR count). The number of likely N-dealkylation sites (N-methyl/N-ethyl adjacent to an activating group) is 1. The number of nitrogens with zero attached hydrogens (tertiary/aromatic N) is 2.